The molecule has 0 amide bonds. The molecule has 1 unspecified atom stereocenters. The summed E-state index contributed by atoms with van der Waals surface area (Å²) in [5, 5.41) is 0. The Morgan fingerprint density at radius 2 is 2.31 bits per heavy atom. The zero-order valence-corrected chi connectivity index (χ0v) is 11.0. The van der Waals surface area contributed by atoms with Crippen LogP contribution in [0.3, 0.4) is 0 Å². The van der Waals surface area contributed by atoms with E-state index in [0.29, 0.717) is 12.0 Å². The fraction of sp³-hybridized carbons (Fsp3) is 0.600. The lowest BCUT2D eigenvalue weighted by Crippen LogP contribution is -2.32. The molecule has 1 aliphatic rings. The second kappa shape index (κ2) is 4.55. The van der Waals surface area contributed by atoms with Gasteiger partial charge in [0.25, 0.3) is 0 Å². The number of rotatable bonds is 4. The van der Waals surface area contributed by atoms with E-state index in [2.05, 4.69) is 50.2 Å². The number of halogens is 1. The van der Waals surface area contributed by atoms with Crippen LogP contribution in [0.25, 0.3) is 0 Å². The summed E-state index contributed by atoms with van der Waals surface area (Å²) in [6, 6.07) is 0.497. The number of hydrazine groups is 1. The van der Waals surface area contributed by atoms with Crippen LogP contribution in [-0.4, -0.2) is 23.1 Å². The molecular weight excluding hydrogens is 270 g/mol. The predicted octanol–water partition coefficient (Wildman–Crippen LogP) is 1.76. The number of nitrogens with one attached hydrogen (secondary N) is 1. The minimum absolute atomic E-state index is 0.438. The van der Waals surface area contributed by atoms with Gasteiger partial charge in [-0.25, -0.2) is 10.8 Å². The van der Waals surface area contributed by atoms with Gasteiger partial charge in [0.05, 0.1) is 4.47 Å². The Balaban J connectivity index is 2.23. The van der Waals surface area contributed by atoms with Gasteiger partial charge in [-0.2, -0.15) is 4.98 Å². The van der Waals surface area contributed by atoms with Crippen LogP contribution in [-0.2, 0) is 0 Å². The molecule has 0 bridgehead atoms. The van der Waals surface area contributed by atoms with Gasteiger partial charge < -0.3 is 4.90 Å². The summed E-state index contributed by atoms with van der Waals surface area (Å²) in [7, 11) is 2.05. The van der Waals surface area contributed by atoms with Gasteiger partial charge in [-0.3, -0.25) is 5.43 Å². The van der Waals surface area contributed by atoms with Crippen LogP contribution < -0.4 is 16.2 Å². The monoisotopic (exact) mass is 285 g/mol. The SMILES string of the molecule is CC(C1CC1)N(C)c1nc(NN)ncc1Br. The second-order valence-electron chi connectivity index (χ2n) is 4.20. The molecule has 6 heteroatoms. The van der Waals surface area contributed by atoms with Crippen molar-refractivity contribution in [2.24, 2.45) is 11.8 Å². The van der Waals surface area contributed by atoms with E-state index in [0.717, 1.165) is 16.2 Å². The van der Waals surface area contributed by atoms with Gasteiger partial charge in [-0.15, -0.1) is 0 Å². The van der Waals surface area contributed by atoms with Crippen LogP contribution in [0.15, 0.2) is 10.7 Å². The summed E-state index contributed by atoms with van der Waals surface area (Å²) in [5.41, 5.74) is 2.46. The molecule has 1 aliphatic carbocycles. The van der Waals surface area contributed by atoms with Gasteiger partial charge in [-0.05, 0) is 41.6 Å². The largest absolute Gasteiger partial charge is 0.356 e. The van der Waals surface area contributed by atoms with Crippen molar-refractivity contribution in [3.8, 4) is 0 Å². The molecule has 0 aliphatic heterocycles. The van der Waals surface area contributed by atoms with E-state index in [1.807, 2.05) is 0 Å². The molecule has 1 atom stereocenters. The van der Waals surface area contributed by atoms with E-state index >= 15 is 0 Å². The Morgan fingerprint density at radius 3 is 2.88 bits per heavy atom. The van der Waals surface area contributed by atoms with Crippen molar-refractivity contribution in [2.75, 3.05) is 17.4 Å². The van der Waals surface area contributed by atoms with Gasteiger partial charge >= 0.3 is 0 Å². The molecule has 1 saturated carbocycles. The van der Waals surface area contributed by atoms with Crippen LogP contribution in [0, 0.1) is 5.92 Å². The van der Waals surface area contributed by atoms with Gasteiger partial charge in [0.15, 0.2) is 0 Å². The topological polar surface area (TPSA) is 67.1 Å². The normalized spacial score (nSPS) is 17.0. The molecule has 1 fully saturated rings. The maximum Gasteiger partial charge on any atom is 0.239 e. The number of aromatic nitrogens is 2. The summed E-state index contributed by atoms with van der Waals surface area (Å²) in [6.07, 6.45) is 4.35. The Labute approximate surface area is 104 Å². The van der Waals surface area contributed by atoms with Crippen molar-refractivity contribution in [3.05, 3.63) is 10.7 Å². The molecule has 0 aromatic carbocycles. The van der Waals surface area contributed by atoms with Crippen molar-refractivity contribution < 1.29 is 0 Å². The lowest BCUT2D eigenvalue weighted by Gasteiger charge is -2.26. The smallest absolute Gasteiger partial charge is 0.239 e. The quantitative estimate of drug-likeness (QED) is 0.652. The number of nitrogens with two attached hydrogens (primary N) is 1. The highest BCUT2D eigenvalue weighted by molar-refractivity contribution is 9.10. The Morgan fingerprint density at radius 1 is 1.62 bits per heavy atom. The third-order valence-corrected chi connectivity index (χ3v) is 3.66. The molecule has 0 spiro atoms. The number of hydrogen-bond acceptors (Lipinski definition) is 5. The maximum absolute atomic E-state index is 5.31. The molecule has 0 saturated heterocycles. The minimum Gasteiger partial charge on any atom is -0.356 e. The van der Waals surface area contributed by atoms with Gasteiger partial charge in [0, 0.05) is 19.3 Å². The first-order valence-corrected chi connectivity index (χ1v) is 6.14. The molecule has 1 heterocycles. The van der Waals surface area contributed by atoms with Crippen LogP contribution in [0.1, 0.15) is 19.8 Å². The van der Waals surface area contributed by atoms with Crippen LogP contribution >= 0.6 is 15.9 Å². The molecule has 3 N–H and O–H groups in total. The highest BCUT2D eigenvalue weighted by Crippen LogP contribution is 2.37. The highest BCUT2D eigenvalue weighted by Gasteiger charge is 2.31. The van der Waals surface area contributed by atoms with Crippen molar-refractivity contribution in [1.29, 1.82) is 0 Å². The fourth-order valence-corrected chi connectivity index (χ4v) is 2.23. The van der Waals surface area contributed by atoms with E-state index in [-0.39, 0.29) is 0 Å². The van der Waals surface area contributed by atoms with E-state index in [1.54, 1.807) is 6.20 Å². The molecule has 2 rings (SSSR count). The number of anilines is 2. The van der Waals surface area contributed by atoms with Gasteiger partial charge in [0.1, 0.15) is 5.82 Å². The van der Waals surface area contributed by atoms with Crippen molar-refractivity contribution in [2.45, 2.75) is 25.8 Å². The number of nitrogens with zero attached hydrogens (tertiary/aromatic N) is 3. The third kappa shape index (κ3) is 2.27. The van der Waals surface area contributed by atoms with E-state index in [9.17, 15) is 0 Å². The minimum atomic E-state index is 0.438. The first-order valence-electron chi connectivity index (χ1n) is 5.35. The number of nitrogen functional groups attached to an aromatic ring is 1. The summed E-state index contributed by atoms with van der Waals surface area (Å²) in [4.78, 5) is 10.6. The lowest BCUT2D eigenvalue weighted by molar-refractivity contribution is 0.602. The van der Waals surface area contributed by atoms with Crippen LogP contribution in [0.4, 0.5) is 11.8 Å². The zero-order valence-electron chi connectivity index (χ0n) is 9.44. The number of hydrogen-bond donors (Lipinski definition) is 2. The Kier molecular flexibility index (Phi) is 3.30. The van der Waals surface area contributed by atoms with Crippen LogP contribution in [0.2, 0.25) is 0 Å². The Bertz CT molecular complexity index is 379. The lowest BCUT2D eigenvalue weighted by atomic mass is 10.2. The summed E-state index contributed by atoms with van der Waals surface area (Å²) in [5.74, 6) is 7.42. The van der Waals surface area contributed by atoms with Crippen molar-refractivity contribution in [1.82, 2.24) is 9.97 Å². The van der Waals surface area contributed by atoms with Crippen LogP contribution in [0.5, 0.6) is 0 Å². The fourth-order valence-electron chi connectivity index (χ4n) is 1.76. The van der Waals surface area contributed by atoms with Crippen molar-refractivity contribution >= 4 is 27.7 Å². The molecular formula is C10H16BrN5. The van der Waals surface area contributed by atoms with Gasteiger partial charge in [0.2, 0.25) is 5.95 Å². The summed E-state index contributed by atoms with van der Waals surface area (Å²) < 4.78 is 0.890. The van der Waals surface area contributed by atoms with Gasteiger partial charge in [-0.1, -0.05) is 0 Å². The summed E-state index contributed by atoms with van der Waals surface area (Å²) in [6.45, 7) is 2.22. The van der Waals surface area contributed by atoms with Crippen molar-refractivity contribution in [3.63, 3.8) is 0 Å². The standard InChI is InChI=1S/C10H16BrN5/c1-6(7-3-4-7)16(2)9-8(11)5-13-10(14-9)15-12/h5-7H,3-4,12H2,1-2H3,(H,13,14,15). The predicted molar refractivity (Wildman–Crippen MR) is 68.1 cm³/mol. The molecule has 1 aromatic heterocycles. The molecule has 88 valence electrons. The first-order chi connectivity index (χ1) is 7.63. The first kappa shape index (κ1) is 11.6. The van der Waals surface area contributed by atoms with E-state index in [1.165, 1.54) is 12.8 Å². The average Bonchev–Trinajstić information content (AvgIpc) is 3.12. The molecule has 5 nitrogen and oxygen atoms in total. The Hall–Kier alpha value is -0.880. The third-order valence-electron chi connectivity index (χ3n) is 3.10. The van der Waals surface area contributed by atoms with E-state index < -0.39 is 0 Å². The molecule has 1 aromatic rings. The molecule has 0 radical (unpaired) electrons. The second-order valence-corrected chi connectivity index (χ2v) is 5.05. The maximum atomic E-state index is 5.31. The average molecular weight is 286 g/mol. The molecule has 16 heavy (non-hydrogen) atoms. The zero-order chi connectivity index (χ0) is 11.7. The van der Waals surface area contributed by atoms with E-state index in [4.69, 9.17) is 5.84 Å². The summed E-state index contributed by atoms with van der Waals surface area (Å²) >= 11 is 3.46. The highest BCUT2D eigenvalue weighted by atomic mass is 79.9.